The first-order valence-corrected chi connectivity index (χ1v) is 12.9. The average molecular weight is 542 g/mol. The maximum absolute atomic E-state index is 13.7. The molecule has 0 aliphatic carbocycles. The second kappa shape index (κ2) is 10.8. The highest BCUT2D eigenvalue weighted by molar-refractivity contribution is 7.92. The number of carboxylic acids is 1. The van der Waals surface area contributed by atoms with Crippen LogP contribution in [0.2, 0.25) is 0 Å². The maximum Gasteiger partial charge on any atom is 0.339 e. The van der Waals surface area contributed by atoms with Gasteiger partial charge >= 0.3 is 5.97 Å². The number of phenols is 2. The van der Waals surface area contributed by atoms with Gasteiger partial charge in [-0.15, -0.1) is 0 Å². The molecule has 5 N–H and O–H groups in total. The van der Waals surface area contributed by atoms with E-state index in [1.165, 1.54) is 36.4 Å². The van der Waals surface area contributed by atoms with Crippen LogP contribution in [0.25, 0.3) is 11.1 Å². The lowest BCUT2D eigenvalue weighted by Crippen LogP contribution is -2.15. The fraction of sp³-hybridized carbons (Fsp3) is 0.154. The number of aromatic carboxylic acids is 1. The topological polar surface area (TPSA) is 162 Å². The van der Waals surface area contributed by atoms with E-state index >= 15 is 0 Å². The first-order chi connectivity index (χ1) is 18.0. The van der Waals surface area contributed by atoms with Crippen molar-refractivity contribution in [1.82, 2.24) is 5.16 Å². The Morgan fingerprint density at radius 1 is 1.08 bits per heavy atom. The van der Waals surface area contributed by atoms with Crippen molar-refractivity contribution in [3.63, 3.8) is 0 Å². The standard InChI is InChI=1S/C26H24FN3O7S/c1-15-12-24(29-37-15)28-11-3-6-19-22(9-8-20(25(19)32)26(33)34)30-38(35,36)18-5-2-4-16(13-18)21-14-17(27)7-10-23(21)31/h2,4-5,7-10,12-14,30-32H,3,6,11H2,1H3,(H,28,29)(H,33,34). The first-order valence-electron chi connectivity index (χ1n) is 11.4. The number of phenolic OH excluding ortho intramolecular Hbond substituents is 1. The molecule has 0 fully saturated rings. The molecule has 0 aliphatic rings. The number of aromatic nitrogens is 1. The Morgan fingerprint density at radius 3 is 2.58 bits per heavy atom. The Bertz CT molecular complexity index is 1600. The highest BCUT2D eigenvalue weighted by atomic mass is 32.2. The number of anilines is 2. The third-order valence-corrected chi connectivity index (χ3v) is 7.07. The highest BCUT2D eigenvalue weighted by Gasteiger charge is 2.22. The van der Waals surface area contributed by atoms with Gasteiger partial charge in [0.2, 0.25) is 0 Å². The number of sulfonamides is 1. The molecular formula is C26H24FN3O7S. The van der Waals surface area contributed by atoms with Crippen LogP contribution >= 0.6 is 0 Å². The van der Waals surface area contributed by atoms with Crippen molar-refractivity contribution in [2.75, 3.05) is 16.6 Å². The lowest BCUT2D eigenvalue weighted by Gasteiger charge is -2.16. The van der Waals surface area contributed by atoms with Crippen molar-refractivity contribution in [1.29, 1.82) is 0 Å². The molecule has 1 aromatic heterocycles. The monoisotopic (exact) mass is 541 g/mol. The predicted octanol–water partition coefficient (Wildman–Crippen LogP) is 4.74. The molecule has 0 unspecified atom stereocenters. The van der Waals surface area contributed by atoms with Crippen LogP contribution in [0.5, 0.6) is 11.5 Å². The van der Waals surface area contributed by atoms with Crippen LogP contribution in [0.4, 0.5) is 15.9 Å². The van der Waals surface area contributed by atoms with Gasteiger partial charge in [0.05, 0.1) is 10.6 Å². The summed E-state index contributed by atoms with van der Waals surface area (Å²) in [4.78, 5) is 11.4. The van der Waals surface area contributed by atoms with Crippen LogP contribution < -0.4 is 10.0 Å². The Kier molecular flexibility index (Phi) is 7.53. The van der Waals surface area contributed by atoms with Gasteiger partial charge in [-0.3, -0.25) is 4.72 Å². The molecule has 10 nitrogen and oxygen atoms in total. The summed E-state index contributed by atoms with van der Waals surface area (Å²) in [7, 11) is -4.23. The van der Waals surface area contributed by atoms with Gasteiger partial charge in [-0.25, -0.2) is 17.6 Å². The van der Waals surface area contributed by atoms with E-state index in [1.54, 1.807) is 13.0 Å². The SMILES string of the molecule is Cc1cc(NCCCc2c(NS(=O)(=O)c3cccc(-c4cc(F)ccc4O)c3)ccc(C(=O)O)c2O)no1. The average Bonchev–Trinajstić information content (AvgIpc) is 3.29. The van der Waals surface area contributed by atoms with Crippen molar-refractivity contribution in [3.8, 4) is 22.6 Å². The molecule has 1 heterocycles. The van der Waals surface area contributed by atoms with Crippen molar-refractivity contribution < 1.29 is 37.4 Å². The number of halogens is 1. The van der Waals surface area contributed by atoms with Gasteiger partial charge in [0.25, 0.3) is 10.0 Å². The molecule has 0 spiro atoms. The number of hydrogen-bond donors (Lipinski definition) is 5. The van der Waals surface area contributed by atoms with Crippen LogP contribution in [0.1, 0.15) is 28.1 Å². The van der Waals surface area contributed by atoms with E-state index in [0.717, 1.165) is 18.2 Å². The number of benzene rings is 3. The minimum Gasteiger partial charge on any atom is -0.507 e. The van der Waals surface area contributed by atoms with Crippen molar-refractivity contribution in [2.24, 2.45) is 0 Å². The van der Waals surface area contributed by atoms with Crippen molar-refractivity contribution in [3.05, 3.63) is 83.4 Å². The van der Waals surface area contributed by atoms with Gasteiger partial charge in [0.15, 0.2) is 5.82 Å². The van der Waals surface area contributed by atoms with E-state index in [4.69, 9.17) is 4.52 Å². The largest absolute Gasteiger partial charge is 0.507 e. The number of aromatic hydroxyl groups is 2. The van der Waals surface area contributed by atoms with Gasteiger partial charge in [-0.1, -0.05) is 17.3 Å². The summed E-state index contributed by atoms with van der Waals surface area (Å²) in [5, 5.41) is 37.0. The number of nitrogens with one attached hydrogen (secondary N) is 2. The number of rotatable bonds is 10. The minimum atomic E-state index is -4.23. The third-order valence-electron chi connectivity index (χ3n) is 5.71. The van der Waals surface area contributed by atoms with E-state index in [2.05, 4.69) is 15.2 Å². The normalized spacial score (nSPS) is 11.3. The zero-order valence-electron chi connectivity index (χ0n) is 20.1. The quantitative estimate of drug-likeness (QED) is 0.178. The Balaban J connectivity index is 1.61. The molecular weight excluding hydrogens is 517 g/mol. The van der Waals surface area contributed by atoms with Crippen LogP contribution in [0, 0.1) is 12.7 Å². The lowest BCUT2D eigenvalue weighted by molar-refractivity contribution is 0.0693. The Hall–Kier alpha value is -4.58. The van der Waals surface area contributed by atoms with Gasteiger partial charge in [-0.2, -0.15) is 0 Å². The fourth-order valence-electron chi connectivity index (χ4n) is 3.86. The number of carbonyl (C=O) groups is 1. The van der Waals surface area contributed by atoms with Gasteiger partial charge < -0.3 is 25.2 Å². The number of aryl methyl sites for hydroxylation is 1. The summed E-state index contributed by atoms with van der Waals surface area (Å²) in [6.45, 7) is 2.12. The molecule has 38 heavy (non-hydrogen) atoms. The summed E-state index contributed by atoms with van der Waals surface area (Å²) in [5.74, 6) is -1.61. The predicted molar refractivity (Wildman–Crippen MR) is 137 cm³/mol. The van der Waals surface area contributed by atoms with Gasteiger partial charge in [0, 0.05) is 23.7 Å². The lowest BCUT2D eigenvalue weighted by atomic mass is 10.0. The summed E-state index contributed by atoms with van der Waals surface area (Å²) < 4.78 is 47.6. The number of carboxylic acid groups (broad SMARTS) is 1. The number of nitrogens with zero attached hydrogens (tertiary/aromatic N) is 1. The number of hydrogen-bond acceptors (Lipinski definition) is 8. The molecule has 198 valence electrons. The third kappa shape index (κ3) is 5.86. The molecule has 0 amide bonds. The maximum atomic E-state index is 13.7. The summed E-state index contributed by atoms with van der Waals surface area (Å²) in [6, 6.07) is 13.0. The van der Waals surface area contributed by atoms with Crippen molar-refractivity contribution >= 4 is 27.5 Å². The zero-order chi connectivity index (χ0) is 27.4. The second-order valence-electron chi connectivity index (χ2n) is 8.44. The van der Waals surface area contributed by atoms with E-state index in [1.807, 2.05) is 0 Å². The molecule has 0 aliphatic heterocycles. The molecule has 0 saturated carbocycles. The van der Waals surface area contributed by atoms with E-state index in [0.29, 0.717) is 24.5 Å². The summed E-state index contributed by atoms with van der Waals surface area (Å²) >= 11 is 0. The first kappa shape index (κ1) is 26.5. The molecule has 4 rings (SSSR count). The zero-order valence-corrected chi connectivity index (χ0v) is 20.9. The minimum absolute atomic E-state index is 0.00351. The van der Waals surface area contributed by atoms with Crippen LogP contribution in [0.15, 0.2) is 70.1 Å². The second-order valence-corrected chi connectivity index (χ2v) is 10.1. The molecule has 0 radical (unpaired) electrons. The molecule has 3 aromatic carbocycles. The van der Waals surface area contributed by atoms with Gasteiger partial charge in [0.1, 0.15) is 28.6 Å². The van der Waals surface area contributed by atoms with Crippen LogP contribution in [-0.2, 0) is 16.4 Å². The van der Waals surface area contributed by atoms with E-state index in [-0.39, 0.29) is 45.0 Å². The van der Waals surface area contributed by atoms with E-state index < -0.39 is 27.6 Å². The van der Waals surface area contributed by atoms with Crippen molar-refractivity contribution in [2.45, 2.75) is 24.7 Å². The summed E-state index contributed by atoms with van der Waals surface area (Å²) in [6.07, 6.45) is 0.525. The van der Waals surface area contributed by atoms with Crippen LogP contribution in [-0.4, -0.2) is 41.4 Å². The van der Waals surface area contributed by atoms with Gasteiger partial charge in [-0.05, 0) is 67.8 Å². The molecule has 4 aromatic rings. The van der Waals surface area contributed by atoms with Crippen LogP contribution in [0.3, 0.4) is 0 Å². The molecule has 0 saturated heterocycles. The Labute approximate surface area is 217 Å². The summed E-state index contributed by atoms with van der Waals surface area (Å²) in [5.41, 5.74) is 0.116. The highest BCUT2D eigenvalue weighted by Crippen LogP contribution is 2.34. The Morgan fingerprint density at radius 2 is 1.87 bits per heavy atom. The smallest absolute Gasteiger partial charge is 0.339 e. The molecule has 12 heteroatoms. The molecule has 0 bridgehead atoms. The van der Waals surface area contributed by atoms with E-state index in [9.17, 15) is 32.9 Å². The molecule has 0 atom stereocenters. The fourth-order valence-corrected chi connectivity index (χ4v) is 5.00.